The molecule has 0 atom stereocenters. The minimum atomic E-state index is -0.0578. The largest absolute Gasteiger partial charge is 0.450 e. The number of hydrogen-bond acceptors (Lipinski definition) is 3. The Morgan fingerprint density at radius 1 is 1.27 bits per heavy atom. The van der Waals surface area contributed by atoms with E-state index in [9.17, 15) is 4.79 Å². The fourth-order valence-corrected chi connectivity index (χ4v) is 1.66. The van der Waals surface area contributed by atoms with Gasteiger partial charge in [0.15, 0.2) is 10.5 Å². The van der Waals surface area contributed by atoms with Crippen LogP contribution in [0.2, 0.25) is 0 Å². The Labute approximate surface area is 93.7 Å². The smallest absolute Gasteiger partial charge is 0.193 e. The van der Waals surface area contributed by atoms with Gasteiger partial charge in [-0.2, -0.15) is 0 Å². The summed E-state index contributed by atoms with van der Waals surface area (Å²) in [4.78, 5) is 11.7. The first kappa shape index (κ1) is 10.3. The molecule has 15 heavy (non-hydrogen) atoms. The van der Waals surface area contributed by atoms with Crippen LogP contribution in [0.15, 0.2) is 32.5 Å². The topological polar surface area (TPSA) is 30.2 Å². The van der Waals surface area contributed by atoms with Crippen molar-refractivity contribution in [2.75, 3.05) is 0 Å². The first-order chi connectivity index (χ1) is 6.98. The number of fused-ring (bicyclic) bond motifs is 1. The van der Waals surface area contributed by atoms with Crippen LogP contribution >= 0.6 is 12.6 Å². The highest BCUT2D eigenvalue weighted by Crippen LogP contribution is 2.26. The summed E-state index contributed by atoms with van der Waals surface area (Å²) in [5.74, 6) is 0.578. The minimum absolute atomic E-state index is 0.0557. The third kappa shape index (κ3) is 2.07. The van der Waals surface area contributed by atoms with Crippen molar-refractivity contribution >= 4 is 24.8 Å². The lowest BCUT2D eigenvalue weighted by molar-refractivity contribution is 0.445. The van der Waals surface area contributed by atoms with E-state index >= 15 is 0 Å². The maximum atomic E-state index is 11.7. The Kier molecular flexibility index (Phi) is 2.35. The Morgan fingerprint density at radius 2 is 1.93 bits per heavy atom. The molecule has 1 aliphatic rings. The van der Waals surface area contributed by atoms with Crippen LogP contribution in [0.5, 0.6) is 0 Å². The van der Waals surface area contributed by atoms with Crippen LogP contribution in [-0.4, -0.2) is 0 Å². The molecule has 0 fully saturated rings. The van der Waals surface area contributed by atoms with Gasteiger partial charge in [0.25, 0.3) is 0 Å². The Balaban J connectivity index is 2.68. The molecule has 2 nitrogen and oxygen atoms in total. The summed E-state index contributed by atoms with van der Waals surface area (Å²) in [6.45, 7) is 4.13. The van der Waals surface area contributed by atoms with Crippen molar-refractivity contribution in [3.8, 4) is 0 Å². The number of thiol groups is 1. The molecule has 0 bridgehead atoms. The monoisotopic (exact) mass is 220 g/mol. The lowest BCUT2D eigenvalue weighted by Crippen LogP contribution is -2.05. The molecule has 3 heteroatoms. The van der Waals surface area contributed by atoms with Crippen LogP contribution < -0.4 is 5.43 Å². The molecule has 0 N–H and O–H groups in total. The summed E-state index contributed by atoms with van der Waals surface area (Å²) in [5, 5.41) is 0.344. The summed E-state index contributed by atoms with van der Waals surface area (Å²) in [7, 11) is 0. The van der Waals surface area contributed by atoms with E-state index in [-0.39, 0.29) is 10.8 Å². The highest BCUT2D eigenvalue weighted by Gasteiger charge is 2.15. The van der Waals surface area contributed by atoms with Crippen LogP contribution in [0.1, 0.15) is 25.2 Å². The fraction of sp³-hybridized carbons (Fsp3) is 0.250. The van der Waals surface area contributed by atoms with E-state index in [0.717, 1.165) is 0 Å². The molecule has 0 aliphatic heterocycles. The van der Waals surface area contributed by atoms with Crippen molar-refractivity contribution in [3.63, 3.8) is 0 Å². The molecule has 1 aromatic rings. The van der Waals surface area contributed by atoms with E-state index in [1.54, 1.807) is 0 Å². The number of hydrogen-bond donors (Lipinski definition) is 1. The zero-order chi connectivity index (χ0) is 11.1. The number of rotatable bonds is 0. The van der Waals surface area contributed by atoms with Gasteiger partial charge in [0.05, 0.1) is 5.56 Å². The second-order valence-corrected chi connectivity index (χ2v) is 4.66. The summed E-state index contributed by atoms with van der Waals surface area (Å²) in [6, 6.07) is 1.39. The predicted octanol–water partition coefficient (Wildman–Crippen LogP) is 2.99. The Morgan fingerprint density at radius 3 is 2.67 bits per heavy atom. The molecule has 2 rings (SSSR count). The molecule has 1 heterocycles. The summed E-state index contributed by atoms with van der Waals surface area (Å²) < 4.78 is 5.38. The second kappa shape index (κ2) is 3.42. The van der Waals surface area contributed by atoms with Crippen molar-refractivity contribution in [3.05, 3.63) is 39.8 Å². The maximum Gasteiger partial charge on any atom is 0.193 e. The predicted molar refractivity (Wildman–Crippen MR) is 64.1 cm³/mol. The molecule has 0 amide bonds. The average molecular weight is 220 g/mol. The van der Waals surface area contributed by atoms with Gasteiger partial charge in [0.2, 0.25) is 0 Å². The van der Waals surface area contributed by atoms with Gasteiger partial charge in [-0.1, -0.05) is 32.1 Å². The second-order valence-electron chi connectivity index (χ2n) is 4.21. The first-order valence-electron chi connectivity index (χ1n) is 4.73. The summed E-state index contributed by atoms with van der Waals surface area (Å²) >= 11 is 4.04. The Bertz CT molecular complexity index is 507. The lowest BCUT2D eigenvalue weighted by atomic mass is 9.93. The van der Waals surface area contributed by atoms with Gasteiger partial charge >= 0.3 is 0 Å². The average Bonchev–Trinajstić information content (AvgIpc) is 2.26. The van der Waals surface area contributed by atoms with Gasteiger partial charge in [-0.3, -0.25) is 4.79 Å². The van der Waals surface area contributed by atoms with E-state index in [1.165, 1.54) is 6.07 Å². The van der Waals surface area contributed by atoms with Crippen LogP contribution in [0.25, 0.3) is 12.2 Å². The van der Waals surface area contributed by atoms with Crippen molar-refractivity contribution in [2.45, 2.75) is 18.9 Å². The van der Waals surface area contributed by atoms with Gasteiger partial charge < -0.3 is 4.42 Å². The van der Waals surface area contributed by atoms with E-state index < -0.39 is 0 Å². The molecule has 0 unspecified atom stereocenters. The normalized spacial score (nSPS) is 17.3. The van der Waals surface area contributed by atoms with E-state index in [0.29, 0.717) is 16.4 Å². The van der Waals surface area contributed by atoms with E-state index in [1.807, 2.05) is 24.3 Å². The molecular formula is C12H12O2S. The molecule has 0 radical (unpaired) electrons. The van der Waals surface area contributed by atoms with Crippen LogP contribution in [0.4, 0.5) is 0 Å². The van der Waals surface area contributed by atoms with Crippen molar-refractivity contribution in [2.24, 2.45) is 5.41 Å². The first-order valence-corrected chi connectivity index (χ1v) is 5.18. The SMILES string of the molecule is CC1(C)C=Cc2oc(S)cc(=O)c2C=C1. The van der Waals surface area contributed by atoms with Gasteiger partial charge in [-0.15, -0.1) is 12.6 Å². The van der Waals surface area contributed by atoms with Crippen LogP contribution in [0, 0.1) is 5.41 Å². The van der Waals surface area contributed by atoms with Crippen molar-refractivity contribution in [1.29, 1.82) is 0 Å². The van der Waals surface area contributed by atoms with E-state index in [2.05, 4.69) is 26.5 Å². The molecule has 0 spiro atoms. The highest BCUT2D eigenvalue weighted by molar-refractivity contribution is 7.80. The molecule has 78 valence electrons. The van der Waals surface area contributed by atoms with Gasteiger partial charge in [0, 0.05) is 11.5 Å². The molecule has 1 aliphatic carbocycles. The van der Waals surface area contributed by atoms with Gasteiger partial charge in [0.1, 0.15) is 5.76 Å². The van der Waals surface area contributed by atoms with Gasteiger partial charge in [-0.25, -0.2) is 0 Å². The molecule has 0 saturated heterocycles. The van der Waals surface area contributed by atoms with E-state index in [4.69, 9.17) is 4.42 Å². The number of allylic oxidation sites excluding steroid dienone is 2. The molecule has 0 saturated carbocycles. The van der Waals surface area contributed by atoms with Crippen molar-refractivity contribution < 1.29 is 4.42 Å². The fourth-order valence-electron chi connectivity index (χ4n) is 1.44. The third-order valence-electron chi connectivity index (χ3n) is 2.34. The standard InChI is InChI=1S/C12H12O2S/c1-12(2)5-3-8-9(13)7-11(15)14-10(8)4-6-12/h3-7,15H,1-2H3. The summed E-state index contributed by atoms with van der Waals surface area (Å²) in [5.41, 5.74) is 0.479. The molecule has 0 aromatic carbocycles. The minimum Gasteiger partial charge on any atom is -0.450 e. The molecule has 1 aromatic heterocycles. The Hall–Kier alpha value is -1.22. The highest BCUT2D eigenvalue weighted by atomic mass is 32.1. The quantitative estimate of drug-likeness (QED) is 0.681. The zero-order valence-corrected chi connectivity index (χ0v) is 9.54. The lowest BCUT2D eigenvalue weighted by Gasteiger charge is -2.11. The maximum absolute atomic E-state index is 11.7. The van der Waals surface area contributed by atoms with Crippen LogP contribution in [-0.2, 0) is 0 Å². The van der Waals surface area contributed by atoms with Gasteiger partial charge in [-0.05, 0) is 6.08 Å². The summed E-state index contributed by atoms with van der Waals surface area (Å²) in [6.07, 6.45) is 7.64. The van der Waals surface area contributed by atoms with Crippen molar-refractivity contribution in [1.82, 2.24) is 0 Å². The van der Waals surface area contributed by atoms with Crippen LogP contribution in [0.3, 0.4) is 0 Å². The zero-order valence-electron chi connectivity index (χ0n) is 8.65. The third-order valence-corrected chi connectivity index (χ3v) is 2.56. The molecular weight excluding hydrogens is 208 g/mol.